The molecule has 0 saturated carbocycles. The van der Waals surface area contributed by atoms with E-state index in [2.05, 4.69) is 20.7 Å². The molecule has 0 atom stereocenters. The van der Waals surface area contributed by atoms with Gasteiger partial charge >= 0.3 is 0 Å². The fourth-order valence-corrected chi connectivity index (χ4v) is 4.51. The SMILES string of the molecule is CCOc1ccc(-n2c(SCC(=O)NN=C(C)c3ccccc3Cl)nnc2-c2ccc(Cl)cc2)cc1. The summed E-state index contributed by atoms with van der Waals surface area (Å²) in [4.78, 5) is 12.6. The number of benzene rings is 3. The average Bonchev–Trinajstić information content (AvgIpc) is 3.31. The number of hydrazone groups is 1. The lowest BCUT2D eigenvalue weighted by Gasteiger charge is -2.11. The summed E-state index contributed by atoms with van der Waals surface area (Å²) in [5.74, 6) is 1.21. The number of amides is 1. The Kier molecular flexibility index (Phi) is 8.64. The number of ether oxygens (including phenoxy) is 1. The van der Waals surface area contributed by atoms with Crippen molar-refractivity contribution in [3.8, 4) is 22.8 Å². The van der Waals surface area contributed by atoms with Gasteiger partial charge in [0.25, 0.3) is 5.91 Å². The molecule has 1 heterocycles. The smallest absolute Gasteiger partial charge is 0.250 e. The lowest BCUT2D eigenvalue weighted by molar-refractivity contribution is -0.118. The first-order valence-corrected chi connectivity index (χ1v) is 12.9. The lowest BCUT2D eigenvalue weighted by atomic mass is 10.1. The van der Waals surface area contributed by atoms with Gasteiger partial charge in [0.2, 0.25) is 0 Å². The third kappa shape index (κ3) is 6.26. The van der Waals surface area contributed by atoms with E-state index in [4.69, 9.17) is 27.9 Å². The van der Waals surface area contributed by atoms with Crippen molar-refractivity contribution in [2.45, 2.75) is 19.0 Å². The summed E-state index contributed by atoms with van der Waals surface area (Å²) in [6.45, 7) is 4.30. The largest absolute Gasteiger partial charge is 0.494 e. The van der Waals surface area contributed by atoms with Gasteiger partial charge in [0.05, 0.1) is 18.1 Å². The Morgan fingerprint density at radius 3 is 2.44 bits per heavy atom. The molecule has 0 saturated heterocycles. The van der Waals surface area contributed by atoms with Crippen molar-refractivity contribution in [1.29, 1.82) is 0 Å². The molecular weight excluding hydrogens is 517 g/mol. The van der Waals surface area contributed by atoms with Gasteiger partial charge in [-0.05, 0) is 68.4 Å². The van der Waals surface area contributed by atoms with Crippen molar-refractivity contribution in [3.05, 3.63) is 88.4 Å². The number of hydrogen-bond donors (Lipinski definition) is 1. The van der Waals surface area contributed by atoms with Crippen LogP contribution in [-0.4, -0.2) is 38.7 Å². The second-order valence-electron chi connectivity index (χ2n) is 7.58. The van der Waals surface area contributed by atoms with Crippen LogP contribution < -0.4 is 10.2 Å². The number of carbonyl (C=O) groups is 1. The van der Waals surface area contributed by atoms with Gasteiger partial charge in [0, 0.05) is 26.9 Å². The molecule has 1 aromatic heterocycles. The fraction of sp³-hybridized carbons (Fsp3) is 0.154. The molecule has 0 spiro atoms. The van der Waals surface area contributed by atoms with E-state index in [1.54, 1.807) is 25.1 Å². The van der Waals surface area contributed by atoms with Gasteiger partial charge in [-0.15, -0.1) is 10.2 Å². The maximum absolute atomic E-state index is 12.6. The Morgan fingerprint density at radius 1 is 1.03 bits per heavy atom. The van der Waals surface area contributed by atoms with Gasteiger partial charge in [-0.3, -0.25) is 9.36 Å². The van der Waals surface area contributed by atoms with Crippen LogP contribution in [-0.2, 0) is 4.79 Å². The van der Waals surface area contributed by atoms with Crippen molar-refractivity contribution in [2.24, 2.45) is 5.10 Å². The van der Waals surface area contributed by atoms with Crippen LogP contribution in [0.15, 0.2) is 83.1 Å². The van der Waals surface area contributed by atoms with Crippen molar-refractivity contribution in [2.75, 3.05) is 12.4 Å². The number of hydrogen-bond acceptors (Lipinski definition) is 6. The molecule has 0 unspecified atom stereocenters. The van der Waals surface area contributed by atoms with Gasteiger partial charge in [-0.25, -0.2) is 5.43 Å². The lowest BCUT2D eigenvalue weighted by Crippen LogP contribution is -2.21. The average molecular weight is 540 g/mol. The molecule has 7 nitrogen and oxygen atoms in total. The zero-order valence-electron chi connectivity index (χ0n) is 19.6. The summed E-state index contributed by atoms with van der Waals surface area (Å²) >= 11 is 13.5. The maximum Gasteiger partial charge on any atom is 0.250 e. The number of rotatable bonds is 9. The van der Waals surface area contributed by atoms with Gasteiger partial charge in [0.15, 0.2) is 11.0 Å². The highest BCUT2D eigenvalue weighted by molar-refractivity contribution is 7.99. The Morgan fingerprint density at radius 2 is 1.75 bits per heavy atom. The normalized spacial score (nSPS) is 11.4. The third-order valence-corrected chi connectivity index (χ3v) is 6.60. The van der Waals surface area contributed by atoms with Crippen LogP contribution in [0.2, 0.25) is 10.0 Å². The fourth-order valence-electron chi connectivity index (χ4n) is 3.36. The van der Waals surface area contributed by atoms with E-state index < -0.39 is 0 Å². The number of nitrogens with zero attached hydrogens (tertiary/aromatic N) is 4. The first-order valence-electron chi connectivity index (χ1n) is 11.1. The first kappa shape index (κ1) is 25.8. The maximum atomic E-state index is 12.6. The molecule has 4 aromatic rings. The van der Waals surface area contributed by atoms with E-state index in [9.17, 15) is 4.79 Å². The Labute approximate surface area is 223 Å². The van der Waals surface area contributed by atoms with E-state index in [0.29, 0.717) is 33.3 Å². The predicted octanol–water partition coefficient (Wildman–Crippen LogP) is 6.27. The van der Waals surface area contributed by atoms with Crippen LogP contribution in [0.25, 0.3) is 17.1 Å². The van der Waals surface area contributed by atoms with Crippen molar-refractivity contribution in [1.82, 2.24) is 20.2 Å². The van der Waals surface area contributed by atoms with Gasteiger partial charge in [-0.1, -0.05) is 53.2 Å². The van der Waals surface area contributed by atoms with Crippen molar-refractivity contribution >= 4 is 46.6 Å². The molecule has 0 aliphatic heterocycles. The molecule has 0 radical (unpaired) electrons. The summed E-state index contributed by atoms with van der Waals surface area (Å²) in [5, 5.41) is 14.7. The molecule has 184 valence electrons. The number of thioether (sulfide) groups is 1. The molecule has 3 aromatic carbocycles. The number of aromatic nitrogens is 3. The zero-order chi connectivity index (χ0) is 25.5. The summed E-state index contributed by atoms with van der Waals surface area (Å²) < 4.78 is 7.46. The van der Waals surface area contributed by atoms with Crippen LogP contribution in [0.1, 0.15) is 19.4 Å². The second-order valence-corrected chi connectivity index (χ2v) is 9.36. The van der Waals surface area contributed by atoms with Crippen LogP contribution in [0, 0.1) is 0 Å². The molecular formula is C26H23Cl2N5O2S. The van der Waals surface area contributed by atoms with E-state index in [-0.39, 0.29) is 11.7 Å². The zero-order valence-corrected chi connectivity index (χ0v) is 21.9. The highest BCUT2D eigenvalue weighted by Crippen LogP contribution is 2.29. The molecule has 4 rings (SSSR count). The topological polar surface area (TPSA) is 81.4 Å². The minimum atomic E-state index is -0.277. The minimum absolute atomic E-state index is 0.0923. The van der Waals surface area contributed by atoms with Crippen LogP contribution >= 0.6 is 35.0 Å². The van der Waals surface area contributed by atoms with Gasteiger partial charge < -0.3 is 4.74 Å². The second kappa shape index (κ2) is 12.1. The monoisotopic (exact) mass is 539 g/mol. The Bertz CT molecular complexity index is 1370. The minimum Gasteiger partial charge on any atom is -0.494 e. The third-order valence-electron chi connectivity index (χ3n) is 5.09. The molecule has 10 heteroatoms. The first-order chi connectivity index (χ1) is 17.5. The molecule has 0 aliphatic rings. The van der Waals surface area contributed by atoms with Crippen LogP contribution in [0.5, 0.6) is 5.75 Å². The van der Waals surface area contributed by atoms with E-state index in [1.807, 2.05) is 66.1 Å². The van der Waals surface area contributed by atoms with Crippen LogP contribution in [0.3, 0.4) is 0 Å². The Balaban J connectivity index is 1.55. The summed E-state index contributed by atoms with van der Waals surface area (Å²) in [6.07, 6.45) is 0. The number of nitrogens with one attached hydrogen (secondary N) is 1. The molecule has 1 amide bonds. The Hall–Kier alpha value is -3.33. The van der Waals surface area contributed by atoms with E-state index in [0.717, 1.165) is 22.6 Å². The van der Waals surface area contributed by atoms with E-state index in [1.165, 1.54) is 11.8 Å². The number of halogens is 2. The quantitative estimate of drug-likeness (QED) is 0.154. The van der Waals surface area contributed by atoms with Crippen molar-refractivity contribution < 1.29 is 9.53 Å². The summed E-state index contributed by atoms with van der Waals surface area (Å²) in [7, 11) is 0. The van der Waals surface area contributed by atoms with Crippen molar-refractivity contribution in [3.63, 3.8) is 0 Å². The van der Waals surface area contributed by atoms with Crippen LogP contribution in [0.4, 0.5) is 0 Å². The molecule has 1 N–H and O–H groups in total. The van der Waals surface area contributed by atoms with Gasteiger partial charge in [0.1, 0.15) is 5.75 Å². The molecule has 0 fully saturated rings. The number of carbonyl (C=O) groups excluding carboxylic acids is 1. The van der Waals surface area contributed by atoms with Gasteiger partial charge in [-0.2, -0.15) is 5.10 Å². The molecule has 0 bridgehead atoms. The highest BCUT2D eigenvalue weighted by Gasteiger charge is 2.17. The summed E-state index contributed by atoms with van der Waals surface area (Å²) in [6, 6.07) is 22.3. The summed E-state index contributed by atoms with van der Waals surface area (Å²) in [5.41, 5.74) is 5.64. The predicted molar refractivity (Wildman–Crippen MR) is 146 cm³/mol. The standard InChI is InChI=1S/C26H23Cl2N5O2S/c1-3-35-21-14-12-20(13-15-21)33-25(18-8-10-19(27)11-9-18)31-32-26(33)36-16-24(34)30-29-17(2)22-6-4-5-7-23(22)28/h4-15H,3,16H2,1-2H3,(H,30,34). The molecule has 36 heavy (non-hydrogen) atoms. The molecule has 0 aliphatic carbocycles. The highest BCUT2D eigenvalue weighted by atomic mass is 35.5. The van der Waals surface area contributed by atoms with E-state index >= 15 is 0 Å².